The van der Waals surface area contributed by atoms with Crippen LogP contribution in [0.3, 0.4) is 0 Å². The van der Waals surface area contributed by atoms with Crippen molar-refractivity contribution in [1.29, 1.82) is 0 Å². The molecule has 0 saturated heterocycles. The molecule has 0 fully saturated rings. The van der Waals surface area contributed by atoms with Crippen LogP contribution in [0, 0.1) is 6.92 Å². The van der Waals surface area contributed by atoms with Crippen molar-refractivity contribution in [3.05, 3.63) is 100 Å². The average Bonchev–Trinajstić information content (AvgIpc) is 3.66. The molecule has 8 nitrogen and oxygen atoms in total. The molecule has 12 heteroatoms. The second-order valence-corrected chi connectivity index (χ2v) is 11.9. The summed E-state index contributed by atoms with van der Waals surface area (Å²) in [5.41, 5.74) is 5.63. The maximum absolute atomic E-state index is 12.9. The van der Waals surface area contributed by atoms with Crippen molar-refractivity contribution in [2.75, 3.05) is 7.11 Å². The first-order chi connectivity index (χ1) is 22.0. The third-order valence-electron chi connectivity index (χ3n) is 7.34. The van der Waals surface area contributed by atoms with E-state index in [1.165, 1.54) is 46.6 Å². The van der Waals surface area contributed by atoms with Crippen molar-refractivity contribution >= 4 is 17.2 Å². The van der Waals surface area contributed by atoms with Gasteiger partial charge in [-0.3, -0.25) is 9.36 Å². The van der Waals surface area contributed by atoms with Crippen molar-refractivity contribution in [2.24, 2.45) is 4.99 Å². The molecule has 2 aromatic heterocycles. The lowest BCUT2D eigenvalue weighted by Gasteiger charge is -2.16. The fraction of sp³-hybridized carbons (Fsp3) is 0.294. The van der Waals surface area contributed by atoms with Gasteiger partial charge in [-0.05, 0) is 85.7 Å². The second kappa shape index (κ2) is 14.2. The number of thiazole rings is 1. The molecular formula is C34H34F3N5O3S. The van der Waals surface area contributed by atoms with Gasteiger partial charge in [0, 0.05) is 23.1 Å². The molecule has 1 amide bonds. The van der Waals surface area contributed by atoms with E-state index in [-0.39, 0.29) is 17.6 Å². The number of alkyl halides is 3. The van der Waals surface area contributed by atoms with Crippen LogP contribution in [0.1, 0.15) is 55.8 Å². The minimum absolute atomic E-state index is 0.144. The highest BCUT2D eigenvalue weighted by Crippen LogP contribution is 2.28. The Labute approximate surface area is 268 Å². The number of methoxy groups -OCH3 is 1. The van der Waals surface area contributed by atoms with Crippen LogP contribution in [0.4, 0.5) is 13.2 Å². The van der Waals surface area contributed by atoms with Gasteiger partial charge >= 0.3 is 6.36 Å². The first kappa shape index (κ1) is 32.7. The van der Waals surface area contributed by atoms with E-state index >= 15 is 0 Å². The zero-order chi connectivity index (χ0) is 32.8. The number of hydrogen-bond acceptors (Lipinski definition) is 6. The third kappa shape index (κ3) is 8.11. The van der Waals surface area contributed by atoms with Gasteiger partial charge in [-0.25, -0.2) is 9.67 Å². The standard InChI is InChI=1S/C34H34F3N5O3S/c1-22(2)29-19-28(44-4)17-18-30(29)42-23(3)20-46-33(42)39-31(43)8-6-5-7-24-9-11-25(12-10-24)32-38-21-41(40-32)26-13-15-27(16-14-26)45-34(35,36)37/h9-22H,5-8H2,1-4H3. The summed E-state index contributed by atoms with van der Waals surface area (Å²) in [4.78, 5) is 22.3. The lowest BCUT2D eigenvalue weighted by Crippen LogP contribution is -2.18. The maximum atomic E-state index is 12.9. The fourth-order valence-corrected chi connectivity index (χ4v) is 5.88. The van der Waals surface area contributed by atoms with Crippen molar-refractivity contribution < 1.29 is 27.4 Å². The molecule has 3 aromatic carbocycles. The van der Waals surface area contributed by atoms with Crippen LogP contribution in [0.15, 0.2) is 83.4 Å². The van der Waals surface area contributed by atoms with E-state index in [9.17, 15) is 18.0 Å². The Morgan fingerprint density at radius 2 is 1.72 bits per heavy atom. The van der Waals surface area contributed by atoms with Crippen LogP contribution >= 0.6 is 11.3 Å². The Morgan fingerprint density at radius 3 is 2.39 bits per heavy atom. The third-order valence-corrected chi connectivity index (χ3v) is 8.29. The molecule has 0 N–H and O–H groups in total. The van der Waals surface area contributed by atoms with Gasteiger partial charge in [0.2, 0.25) is 5.91 Å². The molecule has 0 spiro atoms. The number of hydrogen-bond donors (Lipinski definition) is 0. The van der Waals surface area contributed by atoms with Gasteiger partial charge < -0.3 is 9.47 Å². The maximum Gasteiger partial charge on any atom is 0.573 e. The molecule has 46 heavy (non-hydrogen) atoms. The molecule has 0 aliphatic rings. The highest BCUT2D eigenvalue weighted by molar-refractivity contribution is 7.07. The number of carbonyl (C=O) groups excluding carboxylic acids is 1. The zero-order valence-corrected chi connectivity index (χ0v) is 26.7. The normalized spacial score (nSPS) is 12.1. The molecule has 0 aliphatic carbocycles. The van der Waals surface area contributed by atoms with Gasteiger partial charge in [-0.1, -0.05) is 38.1 Å². The highest BCUT2D eigenvalue weighted by atomic mass is 32.1. The molecular weight excluding hydrogens is 615 g/mol. The van der Waals surface area contributed by atoms with Crippen LogP contribution in [-0.2, 0) is 11.2 Å². The minimum atomic E-state index is -4.74. The SMILES string of the molecule is COc1ccc(-n2c(C)csc2=NC(=O)CCCCc2ccc(-c3ncn(-c4ccc(OC(F)(F)F)cc4)n3)cc2)c(C(C)C)c1. The van der Waals surface area contributed by atoms with E-state index in [0.717, 1.165) is 46.7 Å². The lowest BCUT2D eigenvalue weighted by atomic mass is 10.0. The number of carbonyl (C=O) groups is 1. The van der Waals surface area contributed by atoms with E-state index in [0.29, 0.717) is 29.2 Å². The Balaban J connectivity index is 1.16. The topological polar surface area (TPSA) is 83.5 Å². The summed E-state index contributed by atoms with van der Waals surface area (Å²) in [6, 6.07) is 19.2. The van der Waals surface area contributed by atoms with Gasteiger partial charge in [-0.2, -0.15) is 4.99 Å². The van der Waals surface area contributed by atoms with Crippen LogP contribution in [0.5, 0.6) is 11.5 Å². The molecule has 2 heterocycles. The number of aromatic nitrogens is 4. The Hall–Kier alpha value is -4.71. The highest BCUT2D eigenvalue weighted by Gasteiger charge is 2.31. The summed E-state index contributed by atoms with van der Waals surface area (Å²) in [5.74, 6) is 1.10. The number of benzene rings is 3. The predicted molar refractivity (Wildman–Crippen MR) is 171 cm³/mol. The Kier molecular flexibility index (Phi) is 10.1. The molecule has 0 bridgehead atoms. The minimum Gasteiger partial charge on any atom is -0.497 e. The number of aryl methyl sites for hydroxylation is 2. The largest absolute Gasteiger partial charge is 0.573 e. The fourth-order valence-electron chi connectivity index (χ4n) is 5.00. The van der Waals surface area contributed by atoms with Crippen molar-refractivity contribution in [1.82, 2.24) is 19.3 Å². The first-order valence-corrected chi connectivity index (χ1v) is 15.7. The van der Waals surface area contributed by atoms with E-state index < -0.39 is 6.36 Å². The van der Waals surface area contributed by atoms with Gasteiger partial charge in [0.25, 0.3) is 0 Å². The van der Waals surface area contributed by atoms with E-state index in [4.69, 9.17) is 4.74 Å². The molecule has 0 aliphatic heterocycles. The molecule has 0 saturated carbocycles. The number of amides is 1. The Morgan fingerprint density at radius 1 is 1.00 bits per heavy atom. The molecule has 0 unspecified atom stereocenters. The summed E-state index contributed by atoms with van der Waals surface area (Å²) < 4.78 is 50.1. The summed E-state index contributed by atoms with van der Waals surface area (Å²) in [6.45, 7) is 6.28. The Bertz CT molecular complexity index is 1860. The number of ether oxygens (including phenoxy) is 2. The number of nitrogens with zero attached hydrogens (tertiary/aromatic N) is 5. The zero-order valence-electron chi connectivity index (χ0n) is 25.9. The van der Waals surface area contributed by atoms with Gasteiger partial charge in [0.05, 0.1) is 18.5 Å². The summed E-state index contributed by atoms with van der Waals surface area (Å²) in [6.07, 6.45) is -0.521. The van der Waals surface area contributed by atoms with Gasteiger partial charge in [0.15, 0.2) is 10.6 Å². The summed E-state index contributed by atoms with van der Waals surface area (Å²) >= 11 is 1.46. The summed E-state index contributed by atoms with van der Waals surface area (Å²) in [5, 5.41) is 6.46. The van der Waals surface area contributed by atoms with E-state index in [1.807, 2.05) is 59.3 Å². The monoisotopic (exact) mass is 649 g/mol. The molecule has 0 atom stereocenters. The van der Waals surface area contributed by atoms with E-state index in [2.05, 4.69) is 33.7 Å². The summed E-state index contributed by atoms with van der Waals surface area (Å²) in [7, 11) is 1.65. The van der Waals surface area contributed by atoms with Crippen molar-refractivity contribution in [3.63, 3.8) is 0 Å². The quantitative estimate of drug-likeness (QED) is 0.136. The van der Waals surface area contributed by atoms with Gasteiger partial charge in [-0.15, -0.1) is 29.6 Å². The van der Waals surface area contributed by atoms with Crippen LogP contribution in [-0.4, -0.2) is 38.7 Å². The lowest BCUT2D eigenvalue weighted by molar-refractivity contribution is -0.274. The average molecular weight is 650 g/mol. The number of unbranched alkanes of at least 4 members (excludes halogenated alkanes) is 1. The number of halogens is 3. The van der Waals surface area contributed by atoms with Crippen LogP contribution in [0.2, 0.25) is 0 Å². The van der Waals surface area contributed by atoms with Crippen LogP contribution in [0.25, 0.3) is 22.8 Å². The number of rotatable bonds is 11. The van der Waals surface area contributed by atoms with Crippen molar-refractivity contribution in [2.45, 2.75) is 58.7 Å². The smallest absolute Gasteiger partial charge is 0.497 e. The van der Waals surface area contributed by atoms with E-state index in [1.54, 1.807) is 7.11 Å². The van der Waals surface area contributed by atoms with Gasteiger partial charge in [0.1, 0.15) is 17.8 Å². The van der Waals surface area contributed by atoms with Crippen molar-refractivity contribution in [3.8, 4) is 34.3 Å². The molecule has 240 valence electrons. The predicted octanol–water partition coefficient (Wildman–Crippen LogP) is 7.97. The first-order valence-electron chi connectivity index (χ1n) is 14.8. The van der Waals surface area contributed by atoms with Crippen LogP contribution < -0.4 is 14.3 Å². The second-order valence-electron chi connectivity index (χ2n) is 11.0. The molecule has 5 aromatic rings. The molecule has 5 rings (SSSR count). The molecule has 0 radical (unpaired) electrons.